The number of nitrogens with zero attached hydrogens (tertiary/aromatic N) is 4. The van der Waals surface area contributed by atoms with Gasteiger partial charge in [0.1, 0.15) is 11.4 Å². The third-order valence-corrected chi connectivity index (χ3v) is 5.50. The molecule has 0 saturated carbocycles. The van der Waals surface area contributed by atoms with E-state index >= 15 is 0 Å². The van der Waals surface area contributed by atoms with Crippen LogP contribution in [0.25, 0.3) is 10.2 Å². The molecule has 0 spiro atoms. The highest BCUT2D eigenvalue weighted by Crippen LogP contribution is 2.17. The van der Waals surface area contributed by atoms with Gasteiger partial charge in [-0.3, -0.25) is 23.7 Å². The van der Waals surface area contributed by atoms with Gasteiger partial charge in [0.15, 0.2) is 0 Å². The number of likely N-dealkylation sites (N-methyl/N-ethyl adjacent to an activating group) is 1. The van der Waals surface area contributed by atoms with E-state index < -0.39 is 17.8 Å². The Morgan fingerprint density at radius 1 is 1.41 bits per heavy atom. The monoisotopic (exact) mass is 392 g/mol. The SMILES string of the molecule is CN(CC(=O)N1CCCC(C(=O)O)C1)C(=O)Cn1cnc2sccc2c1=O. The summed E-state index contributed by atoms with van der Waals surface area (Å²) in [6, 6.07) is 1.67. The van der Waals surface area contributed by atoms with Gasteiger partial charge in [-0.2, -0.15) is 0 Å². The molecule has 1 N–H and O–H groups in total. The summed E-state index contributed by atoms with van der Waals surface area (Å²) in [4.78, 5) is 55.8. The van der Waals surface area contributed by atoms with Gasteiger partial charge < -0.3 is 14.9 Å². The number of thiophene rings is 1. The molecule has 2 aromatic heterocycles. The maximum Gasteiger partial charge on any atom is 0.308 e. The molecule has 1 saturated heterocycles. The first kappa shape index (κ1) is 19.0. The van der Waals surface area contributed by atoms with E-state index in [1.54, 1.807) is 11.4 Å². The van der Waals surface area contributed by atoms with E-state index in [0.717, 1.165) is 0 Å². The fourth-order valence-electron chi connectivity index (χ4n) is 3.07. The van der Waals surface area contributed by atoms with Gasteiger partial charge in [-0.05, 0) is 24.3 Å². The number of aliphatic carboxylic acids is 1. The molecule has 144 valence electrons. The van der Waals surface area contributed by atoms with Crippen LogP contribution in [0.5, 0.6) is 0 Å². The molecular weight excluding hydrogens is 372 g/mol. The second-order valence-electron chi connectivity index (χ2n) is 6.58. The lowest BCUT2D eigenvalue weighted by molar-refractivity contribution is -0.147. The van der Waals surface area contributed by atoms with E-state index in [2.05, 4.69) is 4.98 Å². The summed E-state index contributed by atoms with van der Waals surface area (Å²) in [5, 5.41) is 11.3. The predicted octanol–water partition coefficient (Wildman–Crippen LogP) is 0.240. The van der Waals surface area contributed by atoms with E-state index in [0.29, 0.717) is 29.6 Å². The molecule has 9 nitrogen and oxygen atoms in total. The van der Waals surface area contributed by atoms with E-state index in [1.807, 2.05) is 0 Å². The number of amides is 2. The summed E-state index contributed by atoms with van der Waals surface area (Å²) < 4.78 is 1.22. The number of carbonyl (C=O) groups excluding carboxylic acids is 2. The molecule has 0 radical (unpaired) electrons. The molecule has 1 fully saturated rings. The van der Waals surface area contributed by atoms with Crippen molar-refractivity contribution in [3.63, 3.8) is 0 Å². The van der Waals surface area contributed by atoms with Crippen molar-refractivity contribution in [2.45, 2.75) is 19.4 Å². The first-order valence-corrected chi connectivity index (χ1v) is 9.42. The van der Waals surface area contributed by atoms with E-state index in [4.69, 9.17) is 5.11 Å². The third-order valence-electron chi connectivity index (χ3n) is 4.68. The lowest BCUT2D eigenvalue weighted by Crippen LogP contribution is -2.47. The largest absolute Gasteiger partial charge is 0.481 e. The summed E-state index contributed by atoms with van der Waals surface area (Å²) >= 11 is 1.35. The molecule has 0 bridgehead atoms. The molecule has 2 aromatic rings. The van der Waals surface area contributed by atoms with Crippen LogP contribution in [-0.2, 0) is 20.9 Å². The highest BCUT2D eigenvalue weighted by molar-refractivity contribution is 7.16. The zero-order valence-corrected chi connectivity index (χ0v) is 15.6. The Balaban J connectivity index is 1.61. The number of carbonyl (C=O) groups is 3. The summed E-state index contributed by atoms with van der Waals surface area (Å²) in [6.07, 6.45) is 2.51. The van der Waals surface area contributed by atoms with Gasteiger partial charge in [-0.1, -0.05) is 0 Å². The van der Waals surface area contributed by atoms with E-state index in [1.165, 1.54) is 39.1 Å². The van der Waals surface area contributed by atoms with Crippen LogP contribution < -0.4 is 5.56 Å². The minimum atomic E-state index is -0.910. The van der Waals surface area contributed by atoms with Crippen LogP contribution in [-0.4, -0.2) is 68.9 Å². The fourth-order valence-corrected chi connectivity index (χ4v) is 3.79. The summed E-state index contributed by atoms with van der Waals surface area (Å²) in [6.45, 7) is 0.282. The summed E-state index contributed by atoms with van der Waals surface area (Å²) in [7, 11) is 1.49. The Morgan fingerprint density at radius 2 is 2.19 bits per heavy atom. The van der Waals surface area contributed by atoms with Gasteiger partial charge in [0.05, 0.1) is 24.2 Å². The number of piperidine rings is 1. The second kappa shape index (κ2) is 7.87. The van der Waals surface area contributed by atoms with Gasteiger partial charge in [0.2, 0.25) is 11.8 Å². The molecule has 1 aliphatic heterocycles. The molecule has 1 unspecified atom stereocenters. The second-order valence-corrected chi connectivity index (χ2v) is 7.48. The van der Waals surface area contributed by atoms with Crippen LogP contribution in [0.15, 0.2) is 22.6 Å². The van der Waals surface area contributed by atoms with Crippen LogP contribution in [0.1, 0.15) is 12.8 Å². The van der Waals surface area contributed by atoms with Gasteiger partial charge in [-0.25, -0.2) is 4.98 Å². The van der Waals surface area contributed by atoms with Crippen molar-refractivity contribution >= 4 is 39.3 Å². The fraction of sp³-hybridized carbons (Fsp3) is 0.471. The van der Waals surface area contributed by atoms with Crippen LogP contribution in [0, 0.1) is 5.92 Å². The standard InChI is InChI=1S/C17H20N4O5S/c1-19(8-14(23)20-5-2-3-11(7-20)17(25)26)13(22)9-21-10-18-15-12(16(21)24)4-6-27-15/h4,6,10-11H,2-3,5,7-9H2,1H3,(H,25,26). The number of hydrogen-bond acceptors (Lipinski definition) is 6. The van der Waals surface area contributed by atoms with Crippen LogP contribution in [0.3, 0.4) is 0 Å². The maximum atomic E-state index is 12.4. The smallest absolute Gasteiger partial charge is 0.308 e. The number of fused-ring (bicyclic) bond motifs is 1. The Kier molecular flexibility index (Phi) is 5.54. The Hall–Kier alpha value is -2.75. The number of carboxylic acids is 1. The zero-order chi connectivity index (χ0) is 19.6. The Bertz CT molecular complexity index is 937. The third kappa shape index (κ3) is 4.16. The Morgan fingerprint density at radius 3 is 2.93 bits per heavy atom. The molecular formula is C17H20N4O5S. The van der Waals surface area contributed by atoms with Crippen molar-refractivity contribution in [2.75, 3.05) is 26.7 Å². The van der Waals surface area contributed by atoms with Crippen LogP contribution in [0.2, 0.25) is 0 Å². The molecule has 0 aromatic carbocycles. The average Bonchev–Trinajstić information content (AvgIpc) is 3.13. The Labute approximate surface area is 158 Å². The molecule has 1 atom stereocenters. The topological polar surface area (TPSA) is 113 Å². The van der Waals surface area contributed by atoms with Crippen LogP contribution >= 0.6 is 11.3 Å². The number of likely N-dealkylation sites (tertiary alicyclic amines) is 1. The first-order chi connectivity index (χ1) is 12.9. The average molecular weight is 392 g/mol. The lowest BCUT2D eigenvalue weighted by atomic mass is 9.98. The molecule has 27 heavy (non-hydrogen) atoms. The van der Waals surface area contributed by atoms with Crippen molar-refractivity contribution in [3.8, 4) is 0 Å². The van der Waals surface area contributed by atoms with E-state index in [9.17, 15) is 19.2 Å². The molecule has 0 aliphatic carbocycles. The quantitative estimate of drug-likeness (QED) is 0.780. The highest BCUT2D eigenvalue weighted by Gasteiger charge is 2.29. The normalized spacial score (nSPS) is 17.1. The van der Waals surface area contributed by atoms with E-state index in [-0.39, 0.29) is 31.1 Å². The van der Waals surface area contributed by atoms with Gasteiger partial charge in [0, 0.05) is 20.1 Å². The number of carboxylic acid groups (broad SMARTS) is 1. The van der Waals surface area contributed by atoms with Crippen molar-refractivity contribution in [3.05, 3.63) is 28.1 Å². The van der Waals surface area contributed by atoms with Gasteiger partial charge in [0.25, 0.3) is 5.56 Å². The van der Waals surface area contributed by atoms with Crippen molar-refractivity contribution in [1.82, 2.24) is 19.4 Å². The molecule has 2 amide bonds. The lowest BCUT2D eigenvalue weighted by Gasteiger charge is -2.32. The zero-order valence-electron chi connectivity index (χ0n) is 14.8. The molecule has 3 heterocycles. The summed E-state index contributed by atoms with van der Waals surface area (Å²) in [5.74, 6) is -2.16. The maximum absolute atomic E-state index is 12.4. The number of hydrogen-bond donors (Lipinski definition) is 1. The first-order valence-electron chi connectivity index (χ1n) is 8.54. The van der Waals surface area contributed by atoms with Crippen molar-refractivity contribution in [2.24, 2.45) is 5.92 Å². The van der Waals surface area contributed by atoms with Gasteiger partial charge >= 0.3 is 5.97 Å². The van der Waals surface area contributed by atoms with Crippen LogP contribution in [0.4, 0.5) is 0 Å². The molecule has 1 aliphatic rings. The highest BCUT2D eigenvalue weighted by atomic mass is 32.1. The molecule has 10 heteroatoms. The minimum absolute atomic E-state index is 0.159. The number of aromatic nitrogens is 2. The van der Waals surface area contributed by atoms with Crippen molar-refractivity contribution < 1.29 is 19.5 Å². The predicted molar refractivity (Wildman–Crippen MR) is 98.5 cm³/mol. The molecule has 3 rings (SSSR count). The summed E-state index contributed by atoms with van der Waals surface area (Å²) in [5.41, 5.74) is -0.297. The minimum Gasteiger partial charge on any atom is -0.481 e. The van der Waals surface area contributed by atoms with Crippen molar-refractivity contribution in [1.29, 1.82) is 0 Å². The number of rotatable bonds is 5. The van der Waals surface area contributed by atoms with Gasteiger partial charge in [-0.15, -0.1) is 11.3 Å².